The molecule has 0 aromatic heterocycles. The molecule has 0 saturated heterocycles. The number of hydrogen-bond acceptors (Lipinski definition) is 2. The van der Waals surface area contributed by atoms with Crippen LogP contribution in [0.2, 0.25) is 0 Å². The van der Waals surface area contributed by atoms with Crippen molar-refractivity contribution in [3.05, 3.63) is 0 Å². The van der Waals surface area contributed by atoms with E-state index in [1.54, 1.807) is 0 Å². The lowest BCUT2D eigenvalue weighted by molar-refractivity contribution is -0.172. The average Bonchev–Trinajstić information content (AvgIpc) is 2.54. The Morgan fingerprint density at radius 2 is 0.917 bits per heavy atom. The third-order valence-corrected chi connectivity index (χ3v) is 9.28. The summed E-state index contributed by atoms with van der Waals surface area (Å²) in [6.07, 6.45) is 18.5. The minimum Gasteiger partial charge on any atom is -0.393 e. The van der Waals surface area contributed by atoms with Gasteiger partial charge < -0.3 is 10.2 Å². The molecular weight excluding hydrogens is 296 g/mol. The minimum atomic E-state index is -0.0102. The van der Waals surface area contributed by atoms with Crippen LogP contribution in [-0.4, -0.2) is 22.4 Å². The average molecular weight is 333 g/mol. The fourth-order valence-electron chi connectivity index (χ4n) is 8.74. The van der Waals surface area contributed by atoms with Crippen LogP contribution in [0.15, 0.2) is 0 Å². The molecule has 2 nitrogen and oxygen atoms in total. The summed E-state index contributed by atoms with van der Waals surface area (Å²) in [5.74, 6) is 3.82. The molecule has 0 aliphatic heterocycles. The Bertz CT molecular complexity index is 416. The van der Waals surface area contributed by atoms with Crippen molar-refractivity contribution in [2.24, 2.45) is 34.5 Å². The SMILES string of the molecule is OC1CCC(C23CC4CC(C2)CC(C2CCC(O)CC2)(C4)C3)CC1. The van der Waals surface area contributed by atoms with Gasteiger partial charge in [0.2, 0.25) is 0 Å². The maximum Gasteiger partial charge on any atom is 0.0540 e. The highest BCUT2D eigenvalue weighted by Gasteiger charge is 2.61. The van der Waals surface area contributed by atoms with E-state index in [-0.39, 0.29) is 12.2 Å². The smallest absolute Gasteiger partial charge is 0.0540 e. The maximum atomic E-state index is 9.96. The highest BCUT2D eigenvalue weighted by Crippen LogP contribution is 2.71. The van der Waals surface area contributed by atoms with Crippen molar-refractivity contribution >= 4 is 0 Å². The molecular formula is C22H36O2. The molecule has 0 radical (unpaired) electrons. The first kappa shape index (κ1) is 16.1. The van der Waals surface area contributed by atoms with Gasteiger partial charge >= 0.3 is 0 Å². The molecule has 6 fully saturated rings. The molecule has 6 rings (SSSR count). The third-order valence-electron chi connectivity index (χ3n) is 9.28. The van der Waals surface area contributed by atoms with Gasteiger partial charge in [-0.25, -0.2) is 0 Å². The molecule has 6 saturated carbocycles. The molecule has 0 aromatic rings. The van der Waals surface area contributed by atoms with Gasteiger partial charge in [0.15, 0.2) is 0 Å². The Morgan fingerprint density at radius 3 is 1.29 bits per heavy atom. The molecule has 0 amide bonds. The third kappa shape index (κ3) is 2.50. The van der Waals surface area contributed by atoms with Crippen molar-refractivity contribution in [1.29, 1.82) is 0 Å². The lowest BCUT2D eigenvalue weighted by Gasteiger charge is -2.67. The van der Waals surface area contributed by atoms with Gasteiger partial charge in [0.1, 0.15) is 0 Å². The Morgan fingerprint density at radius 1 is 0.542 bits per heavy atom. The second-order valence-corrected chi connectivity index (χ2v) is 10.7. The normalized spacial score (nSPS) is 57.2. The summed E-state index contributed by atoms with van der Waals surface area (Å²) in [5, 5.41) is 19.9. The van der Waals surface area contributed by atoms with Gasteiger partial charge in [-0.3, -0.25) is 0 Å². The highest BCUT2D eigenvalue weighted by molar-refractivity contribution is 5.11. The fraction of sp³-hybridized carbons (Fsp3) is 1.00. The number of rotatable bonds is 2. The molecule has 136 valence electrons. The molecule has 24 heavy (non-hydrogen) atoms. The maximum absolute atomic E-state index is 9.96. The van der Waals surface area contributed by atoms with E-state index in [0.717, 1.165) is 49.4 Å². The van der Waals surface area contributed by atoms with Crippen LogP contribution in [0.5, 0.6) is 0 Å². The number of hydrogen-bond donors (Lipinski definition) is 2. The molecule has 6 aliphatic carbocycles. The van der Waals surface area contributed by atoms with E-state index >= 15 is 0 Å². The van der Waals surface area contributed by atoms with Gasteiger partial charge in [0.25, 0.3) is 0 Å². The summed E-state index contributed by atoms with van der Waals surface area (Å²) >= 11 is 0. The van der Waals surface area contributed by atoms with Gasteiger partial charge in [0, 0.05) is 0 Å². The van der Waals surface area contributed by atoms with Crippen LogP contribution >= 0.6 is 0 Å². The standard InChI is InChI=1S/C22H36O2/c23-19-5-1-17(2-6-19)21-10-15-9-16(11-21)13-22(12-15,14-21)18-3-7-20(24)8-4-18/h15-20,23-24H,1-14H2. The summed E-state index contributed by atoms with van der Waals surface area (Å²) in [6.45, 7) is 0. The van der Waals surface area contributed by atoms with Crippen LogP contribution in [0.4, 0.5) is 0 Å². The lowest BCUT2D eigenvalue weighted by atomic mass is 9.38. The molecule has 2 heteroatoms. The van der Waals surface area contributed by atoms with Crippen molar-refractivity contribution in [1.82, 2.24) is 0 Å². The monoisotopic (exact) mass is 332 g/mol. The second-order valence-electron chi connectivity index (χ2n) is 10.7. The van der Waals surface area contributed by atoms with Crippen LogP contribution in [0.1, 0.15) is 89.9 Å². The predicted octanol–water partition coefficient (Wildman–Crippen LogP) is 4.68. The molecule has 0 unspecified atom stereocenters. The largest absolute Gasteiger partial charge is 0.393 e. The fourth-order valence-corrected chi connectivity index (χ4v) is 8.74. The van der Waals surface area contributed by atoms with Crippen molar-refractivity contribution in [2.45, 2.75) is 102 Å². The zero-order chi connectivity index (χ0) is 16.4. The van der Waals surface area contributed by atoms with E-state index in [1.807, 2.05) is 0 Å². The van der Waals surface area contributed by atoms with E-state index in [1.165, 1.54) is 64.2 Å². The summed E-state index contributed by atoms with van der Waals surface area (Å²) in [4.78, 5) is 0. The van der Waals surface area contributed by atoms with E-state index in [0.29, 0.717) is 10.8 Å². The quantitative estimate of drug-likeness (QED) is 0.771. The molecule has 0 atom stereocenters. The van der Waals surface area contributed by atoms with Gasteiger partial charge in [-0.1, -0.05) is 0 Å². The van der Waals surface area contributed by atoms with E-state index in [2.05, 4.69) is 0 Å². The minimum absolute atomic E-state index is 0.0102. The second kappa shape index (κ2) is 5.71. The summed E-state index contributed by atoms with van der Waals surface area (Å²) in [5.41, 5.74) is 1.28. The summed E-state index contributed by atoms with van der Waals surface area (Å²) in [6, 6.07) is 0. The summed E-state index contributed by atoms with van der Waals surface area (Å²) < 4.78 is 0. The van der Waals surface area contributed by atoms with Crippen LogP contribution in [0, 0.1) is 34.5 Å². The molecule has 0 heterocycles. The van der Waals surface area contributed by atoms with Crippen LogP contribution in [0.3, 0.4) is 0 Å². The zero-order valence-corrected chi connectivity index (χ0v) is 15.3. The van der Waals surface area contributed by atoms with E-state index in [9.17, 15) is 10.2 Å². The Labute approximate surface area is 147 Å². The Balaban J connectivity index is 1.40. The first-order valence-corrected chi connectivity index (χ1v) is 10.9. The lowest BCUT2D eigenvalue weighted by Crippen LogP contribution is -2.57. The predicted molar refractivity (Wildman–Crippen MR) is 95.5 cm³/mol. The molecule has 4 bridgehead atoms. The first-order valence-electron chi connectivity index (χ1n) is 10.9. The molecule has 6 aliphatic rings. The Hall–Kier alpha value is -0.0800. The van der Waals surface area contributed by atoms with Crippen molar-refractivity contribution in [3.63, 3.8) is 0 Å². The highest BCUT2D eigenvalue weighted by atomic mass is 16.3. The summed E-state index contributed by atoms with van der Waals surface area (Å²) in [7, 11) is 0. The van der Waals surface area contributed by atoms with Crippen LogP contribution in [-0.2, 0) is 0 Å². The number of aliphatic hydroxyl groups excluding tert-OH is 2. The van der Waals surface area contributed by atoms with Crippen molar-refractivity contribution in [2.75, 3.05) is 0 Å². The van der Waals surface area contributed by atoms with Gasteiger partial charge in [-0.2, -0.15) is 0 Å². The van der Waals surface area contributed by atoms with Gasteiger partial charge in [-0.05, 0) is 124 Å². The van der Waals surface area contributed by atoms with Crippen LogP contribution < -0.4 is 0 Å². The molecule has 0 spiro atoms. The van der Waals surface area contributed by atoms with Gasteiger partial charge in [-0.15, -0.1) is 0 Å². The van der Waals surface area contributed by atoms with Crippen molar-refractivity contribution in [3.8, 4) is 0 Å². The Kier molecular flexibility index (Phi) is 3.83. The van der Waals surface area contributed by atoms with Crippen LogP contribution in [0.25, 0.3) is 0 Å². The first-order chi connectivity index (χ1) is 11.6. The number of aliphatic hydroxyl groups is 2. The molecule has 2 N–H and O–H groups in total. The molecule has 0 aromatic carbocycles. The van der Waals surface area contributed by atoms with E-state index < -0.39 is 0 Å². The zero-order valence-electron chi connectivity index (χ0n) is 15.3. The van der Waals surface area contributed by atoms with Gasteiger partial charge in [0.05, 0.1) is 12.2 Å². The van der Waals surface area contributed by atoms with Crippen molar-refractivity contribution < 1.29 is 10.2 Å². The topological polar surface area (TPSA) is 40.5 Å². The van der Waals surface area contributed by atoms with E-state index in [4.69, 9.17) is 0 Å².